The molecule has 3 heteroatoms. The molecule has 1 aliphatic carbocycles. The van der Waals surface area contributed by atoms with Gasteiger partial charge in [-0.2, -0.15) is 0 Å². The lowest BCUT2D eigenvalue weighted by Crippen LogP contribution is -2.29. The first-order chi connectivity index (χ1) is 9.59. The van der Waals surface area contributed by atoms with E-state index in [4.69, 9.17) is 10.5 Å². The number of carbonyl (C=O) groups is 1. The molecular formula is C17H19NO2. The Hall–Kier alpha value is -2.03. The molecule has 3 nitrogen and oxygen atoms in total. The highest BCUT2D eigenvalue weighted by Gasteiger charge is 2.32. The van der Waals surface area contributed by atoms with Crippen molar-refractivity contribution in [1.82, 2.24) is 0 Å². The molecule has 0 spiro atoms. The summed E-state index contributed by atoms with van der Waals surface area (Å²) in [6.45, 7) is 2.11. The second kappa shape index (κ2) is 4.82. The lowest BCUT2D eigenvalue weighted by molar-refractivity contribution is 0.0902. The summed E-state index contributed by atoms with van der Waals surface area (Å²) in [5.41, 5.74) is 5.90. The maximum Gasteiger partial charge on any atom is 0.253 e. The third-order valence-corrected chi connectivity index (χ3v) is 4.15. The Labute approximate surface area is 118 Å². The zero-order valence-electron chi connectivity index (χ0n) is 11.7. The van der Waals surface area contributed by atoms with Crippen LogP contribution < -0.4 is 10.5 Å². The zero-order chi connectivity index (χ0) is 14.2. The van der Waals surface area contributed by atoms with E-state index in [2.05, 4.69) is 6.92 Å². The number of nitrogens with two attached hydrogens (primary N) is 1. The van der Waals surface area contributed by atoms with Crippen LogP contribution in [0.15, 0.2) is 36.4 Å². The predicted molar refractivity (Wildman–Crippen MR) is 80.0 cm³/mol. The molecule has 1 amide bonds. The van der Waals surface area contributed by atoms with Gasteiger partial charge in [0, 0.05) is 0 Å². The van der Waals surface area contributed by atoms with Gasteiger partial charge in [0.2, 0.25) is 0 Å². The van der Waals surface area contributed by atoms with Gasteiger partial charge in [-0.15, -0.1) is 0 Å². The molecule has 0 heterocycles. The van der Waals surface area contributed by atoms with E-state index in [0.717, 1.165) is 23.6 Å². The van der Waals surface area contributed by atoms with Gasteiger partial charge in [0.25, 0.3) is 5.91 Å². The van der Waals surface area contributed by atoms with Crippen molar-refractivity contribution in [2.24, 2.45) is 5.73 Å². The molecule has 0 atom stereocenters. The molecule has 1 fully saturated rings. The van der Waals surface area contributed by atoms with Crippen LogP contribution in [0.25, 0.3) is 10.8 Å². The molecule has 3 rings (SSSR count). The monoisotopic (exact) mass is 269 g/mol. The molecule has 0 aliphatic heterocycles. The Morgan fingerprint density at radius 1 is 1.15 bits per heavy atom. The molecule has 0 unspecified atom stereocenters. The average molecular weight is 269 g/mol. The number of amides is 1. The van der Waals surface area contributed by atoms with Crippen molar-refractivity contribution in [3.63, 3.8) is 0 Å². The van der Waals surface area contributed by atoms with Crippen molar-refractivity contribution in [2.75, 3.05) is 0 Å². The Morgan fingerprint density at radius 3 is 2.55 bits per heavy atom. The molecule has 0 bridgehead atoms. The normalized spacial score (nSPS) is 17.2. The summed E-state index contributed by atoms with van der Waals surface area (Å²) in [7, 11) is 0. The van der Waals surface area contributed by atoms with Crippen molar-refractivity contribution in [1.29, 1.82) is 0 Å². The Balaban J connectivity index is 2.10. The van der Waals surface area contributed by atoms with Crippen LogP contribution >= 0.6 is 0 Å². The highest BCUT2D eigenvalue weighted by atomic mass is 16.5. The van der Waals surface area contributed by atoms with Crippen LogP contribution in [-0.4, -0.2) is 11.5 Å². The summed E-state index contributed by atoms with van der Waals surface area (Å²) in [6.07, 6.45) is 4.40. The summed E-state index contributed by atoms with van der Waals surface area (Å²) in [5, 5.41) is 1.87. The van der Waals surface area contributed by atoms with E-state index >= 15 is 0 Å². The summed E-state index contributed by atoms with van der Waals surface area (Å²) in [4.78, 5) is 11.9. The average Bonchev–Trinajstić information content (AvgIpc) is 2.84. The third-order valence-electron chi connectivity index (χ3n) is 4.15. The second-order valence-electron chi connectivity index (χ2n) is 5.78. The molecule has 1 saturated carbocycles. The van der Waals surface area contributed by atoms with E-state index in [9.17, 15) is 4.79 Å². The number of primary amides is 1. The topological polar surface area (TPSA) is 52.3 Å². The van der Waals surface area contributed by atoms with Crippen LogP contribution in [-0.2, 0) is 0 Å². The molecule has 104 valence electrons. The highest BCUT2D eigenvalue weighted by Crippen LogP contribution is 2.37. The Kier molecular flexibility index (Phi) is 3.13. The van der Waals surface area contributed by atoms with Gasteiger partial charge in [-0.25, -0.2) is 0 Å². The van der Waals surface area contributed by atoms with E-state index in [0.29, 0.717) is 11.3 Å². The summed E-state index contributed by atoms with van der Waals surface area (Å²) in [5.74, 6) is 0.180. The first-order valence-electron chi connectivity index (χ1n) is 7.10. The smallest absolute Gasteiger partial charge is 0.253 e. The fraction of sp³-hybridized carbons (Fsp3) is 0.353. The third kappa shape index (κ3) is 2.24. The van der Waals surface area contributed by atoms with Crippen LogP contribution in [0.1, 0.15) is 43.0 Å². The quantitative estimate of drug-likeness (QED) is 0.924. The largest absolute Gasteiger partial charge is 0.487 e. The maximum absolute atomic E-state index is 11.9. The standard InChI is InChI=1S/C17H19NO2/c1-17(10-4-5-11-17)20-14-9-8-12-6-2-3-7-13(12)15(14)16(18)19/h2-3,6-9H,4-5,10-11H2,1H3,(H2,18,19). The van der Waals surface area contributed by atoms with Gasteiger partial charge in [0.05, 0.1) is 5.56 Å². The fourth-order valence-electron chi connectivity index (χ4n) is 3.08. The molecule has 20 heavy (non-hydrogen) atoms. The Morgan fingerprint density at radius 2 is 1.85 bits per heavy atom. The van der Waals surface area contributed by atoms with Gasteiger partial charge >= 0.3 is 0 Å². The molecule has 0 saturated heterocycles. The maximum atomic E-state index is 11.9. The van der Waals surface area contributed by atoms with Gasteiger partial charge in [0.1, 0.15) is 11.4 Å². The van der Waals surface area contributed by atoms with Gasteiger partial charge < -0.3 is 10.5 Å². The predicted octanol–water partition coefficient (Wildman–Crippen LogP) is 3.65. The minimum Gasteiger partial charge on any atom is -0.487 e. The van der Waals surface area contributed by atoms with E-state index in [1.54, 1.807) is 0 Å². The lowest BCUT2D eigenvalue weighted by Gasteiger charge is -2.27. The van der Waals surface area contributed by atoms with E-state index < -0.39 is 5.91 Å². The van der Waals surface area contributed by atoms with E-state index in [-0.39, 0.29) is 5.60 Å². The number of fused-ring (bicyclic) bond motifs is 1. The first-order valence-corrected chi connectivity index (χ1v) is 7.10. The molecule has 2 aromatic carbocycles. The van der Waals surface area contributed by atoms with E-state index in [1.165, 1.54) is 12.8 Å². The van der Waals surface area contributed by atoms with Crippen LogP contribution in [0.3, 0.4) is 0 Å². The van der Waals surface area contributed by atoms with Crippen molar-refractivity contribution in [3.8, 4) is 5.75 Å². The number of hydrogen-bond donors (Lipinski definition) is 1. The number of rotatable bonds is 3. The van der Waals surface area contributed by atoms with Crippen LogP contribution in [0.5, 0.6) is 5.75 Å². The molecule has 0 radical (unpaired) electrons. The van der Waals surface area contributed by atoms with Crippen molar-refractivity contribution >= 4 is 16.7 Å². The number of benzene rings is 2. The Bertz CT molecular complexity index is 657. The SMILES string of the molecule is CC1(Oc2ccc3ccccc3c2C(N)=O)CCCC1. The number of hydrogen-bond acceptors (Lipinski definition) is 2. The fourth-order valence-corrected chi connectivity index (χ4v) is 3.08. The molecule has 1 aliphatic rings. The summed E-state index contributed by atoms with van der Waals surface area (Å²) >= 11 is 0. The summed E-state index contributed by atoms with van der Waals surface area (Å²) < 4.78 is 6.16. The van der Waals surface area contributed by atoms with Crippen molar-refractivity contribution < 1.29 is 9.53 Å². The lowest BCUT2D eigenvalue weighted by atomic mass is 10.0. The van der Waals surface area contributed by atoms with Crippen LogP contribution in [0.2, 0.25) is 0 Å². The first kappa shape index (κ1) is 13.0. The van der Waals surface area contributed by atoms with Crippen LogP contribution in [0, 0.1) is 0 Å². The molecular weight excluding hydrogens is 250 g/mol. The van der Waals surface area contributed by atoms with Gasteiger partial charge in [-0.05, 0) is 49.4 Å². The number of carbonyl (C=O) groups excluding carboxylic acids is 1. The minimum atomic E-state index is -0.432. The van der Waals surface area contributed by atoms with E-state index in [1.807, 2.05) is 36.4 Å². The number of ether oxygens (including phenoxy) is 1. The second-order valence-corrected chi connectivity index (χ2v) is 5.78. The van der Waals surface area contributed by atoms with Crippen molar-refractivity contribution in [2.45, 2.75) is 38.2 Å². The van der Waals surface area contributed by atoms with Gasteiger partial charge in [0.15, 0.2) is 0 Å². The summed E-state index contributed by atoms with van der Waals surface area (Å²) in [6, 6.07) is 11.6. The van der Waals surface area contributed by atoms with Crippen molar-refractivity contribution in [3.05, 3.63) is 42.0 Å². The minimum absolute atomic E-state index is 0.174. The van der Waals surface area contributed by atoms with Gasteiger partial charge in [-0.1, -0.05) is 30.3 Å². The highest BCUT2D eigenvalue weighted by molar-refractivity contribution is 6.08. The molecule has 2 N–H and O–H groups in total. The zero-order valence-corrected chi connectivity index (χ0v) is 11.7. The molecule has 2 aromatic rings. The van der Waals surface area contributed by atoms with Crippen LogP contribution in [0.4, 0.5) is 0 Å². The van der Waals surface area contributed by atoms with Gasteiger partial charge in [-0.3, -0.25) is 4.79 Å². The molecule has 0 aromatic heterocycles.